The maximum atomic E-state index is 5.87. The van der Waals surface area contributed by atoms with Gasteiger partial charge in [-0.2, -0.15) is 0 Å². The highest BCUT2D eigenvalue weighted by molar-refractivity contribution is 4.73. The van der Waals surface area contributed by atoms with Gasteiger partial charge in [0.25, 0.3) is 0 Å². The molecule has 0 amide bonds. The molecular formula is C13H29NO2. The summed E-state index contributed by atoms with van der Waals surface area (Å²) in [5, 5.41) is 3.38. The molecule has 0 aromatic carbocycles. The summed E-state index contributed by atoms with van der Waals surface area (Å²) in [7, 11) is 1.74. The van der Waals surface area contributed by atoms with Gasteiger partial charge in [-0.1, -0.05) is 6.92 Å². The van der Waals surface area contributed by atoms with Crippen molar-refractivity contribution in [3.05, 3.63) is 0 Å². The summed E-state index contributed by atoms with van der Waals surface area (Å²) in [6.45, 7) is 13.3. The zero-order chi connectivity index (χ0) is 12.7. The molecule has 0 radical (unpaired) electrons. The summed E-state index contributed by atoms with van der Waals surface area (Å²) < 4.78 is 11.2. The Morgan fingerprint density at radius 1 is 1.06 bits per heavy atom. The second-order valence-corrected chi connectivity index (χ2v) is 5.50. The lowest BCUT2D eigenvalue weighted by Gasteiger charge is -2.29. The number of ether oxygens (including phenoxy) is 2. The van der Waals surface area contributed by atoms with Gasteiger partial charge in [0.1, 0.15) is 0 Å². The number of nitrogens with one attached hydrogen (secondary N) is 1. The highest BCUT2D eigenvalue weighted by atomic mass is 16.5. The first-order valence-electron chi connectivity index (χ1n) is 6.23. The first-order chi connectivity index (χ1) is 7.33. The molecule has 0 aliphatic rings. The van der Waals surface area contributed by atoms with Crippen LogP contribution in [-0.4, -0.2) is 38.0 Å². The van der Waals surface area contributed by atoms with Crippen LogP contribution in [0.25, 0.3) is 0 Å². The minimum atomic E-state index is -0.0982. The third-order valence-corrected chi connectivity index (χ3v) is 2.73. The van der Waals surface area contributed by atoms with Crippen molar-refractivity contribution in [1.29, 1.82) is 0 Å². The van der Waals surface area contributed by atoms with Gasteiger partial charge in [-0.3, -0.25) is 0 Å². The molecule has 0 unspecified atom stereocenters. The maximum absolute atomic E-state index is 5.87. The Balaban J connectivity index is 3.73. The molecule has 0 aliphatic carbocycles. The average Bonchev–Trinajstić information content (AvgIpc) is 2.17. The summed E-state index contributed by atoms with van der Waals surface area (Å²) in [6, 6.07) is 0. The molecular weight excluding hydrogens is 202 g/mol. The molecule has 16 heavy (non-hydrogen) atoms. The van der Waals surface area contributed by atoms with Crippen LogP contribution >= 0.6 is 0 Å². The molecule has 3 heteroatoms. The quantitative estimate of drug-likeness (QED) is 0.619. The molecule has 0 bridgehead atoms. The molecule has 0 aliphatic heterocycles. The lowest BCUT2D eigenvalue weighted by Crippen LogP contribution is -2.39. The van der Waals surface area contributed by atoms with Crippen LogP contribution in [0.15, 0.2) is 0 Å². The topological polar surface area (TPSA) is 30.5 Å². The van der Waals surface area contributed by atoms with Gasteiger partial charge < -0.3 is 14.8 Å². The summed E-state index contributed by atoms with van der Waals surface area (Å²) in [6.07, 6.45) is 2.08. The molecule has 0 atom stereocenters. The zero-order valence-electron chi connectivity index (χ0n) is 11.9. The van der Waals surface area contributed by atoms with Crippen LogP contribution in [0.5, 0.6) is 0 Å². The second-order valence-electron chi connectivity index (χ2n) is 5.50. The van der Waals surface area contributed by atoms with E-state index in [-0.39, 0.29) is 11.2 Å². The fourth-order valence-electron chi connectivity index (χ4n) is 1.29. The molecule has 0 rings (SSSR count). The molecule has 0 heterocycles. The molecule has 0 spiro atoms. The van der Waals surface area contributed by atoms with E-state index in [2.05, 4.69) is 39.9 Å². The molecule has 0 fully saturated rings. The van der Waals surface area contributed by atoms with Crippen LogP contribution in [0.2, 0.25) is 0 Å². The number of rotatable bonds is 9. The van der Waals surface area contributed by atoms with Crippen molar-refractivity contribution < 1.29 is 9.47 Å². The minimum absolute atomic E-state index is 0.0904. The first kappa shape index (κ1) is 15.9. The lowest BCUT2D eigenvalue weighted by atomic mass is 10.1. The van der Waals surface area contributed by atoms with Crippen molar-refractivity contribution in [2.75, 3.05) is 26.8 Å². The third kappa shape index (κ3) is 8.08. The van der Waals surface area contributed by atoms with Crippen molar-refractivity contribution in [3.8, 4) is 0 Å². The number of methoxy groups -OCH3 is 1. The zero-order valence-corrected chi connectivity index (χ0v) is 11.9. The average molecular weight is 231 g/mol. The van der Waals surface area contributed by atoms with E-state index >= 15 is 0 Å². The van der Waals surface area contributed by atoms with Crippen LogP contribution in [0, 0.1) is 0 Å². The molecule has 3 nitrogen and oxygen atoms in total. The van der Waals surface area contributed by atoms with E-state index in [1.165, 1.54) is 0 Å². The third-order valence-electron chi connectivity index (χ3n) is 2.73. The Morgan fingerprint density at radius 3 is 2.19 bits per heavy atom. The second kappa shape index (κ2) is 7.25. The predicted octanol–water partition coefficient (Wildman–Crippen LogP) is 2.60. The Hall–Kier alpha value is -0.120. The van der Waals surface area contributed by atoms with Crippen LogP contribution < -0.4 is 5.32 Å². The van der Waals surface area contributed by atoms with Gasteiger partial charge in [-0.05, 0) is 47.1 Å². The first-order valence-corrected chi connectivity index (χ1v) is 6.23. The normalized spacial score (nSPS) is 13.1. The minimum Gasteiger partial charge on any atom is -0.379 e. The standard InChI is InChI=1S/C13H29NO2/c1-7-9-14-11-13(4,5)16-10-8-12(2,3)15-6/h14H,7-11H2,1-6H3. The smallest absolute Gasteiger partial charge is 0.0750 e. The van der Waals surface area contributed by atoms with Crippen molar-refractivity contribution in [2.45, 2.75) is 58.7 Å². The predicted molar refractivity (Wildman–Crippen MR) is 68.9 cm³/mol. The fourth-order valence-corrected chi connectivity index (χ4v) is 1.29. The number of hydrogen-bond donors (Lipinski definition) is 1. The lowest BCUT2D eigenvalue weighted by molar-refractivity contribution is -0.0567. The summed E-state index contributed by atoms with van der Waals surface area (Å²) in [5.41, 5.74) is -0.189. The summed E-state index contributed by atoms with van der Waals surface area (Å²) in [4.78, 5) is 0. The Morgan fingerprint density at radius 2 is 1.69 bits per heavy atom. The highest BCUT2D eigenvalue weighted by Crippen LogP contribution is 2.15. The van der Waals surface area contributed by atoms with Crippen LogP contribution in [0.1, 0.15) is 47.5 Å². The van der Waals surface area contributed by atoms with E-state index in [0.29, 0.717) is 0 Å². The van der Waals surface area contributed by atoms with Crippen LogP contribution in [-0.2, 0) is 9.47 Å². The fraction of sp³-hybridized carbons (Fsp3) is 1.00. The molecule has 0 saturated carbocycles. The van der Waals surface area contributed by atoms with Gasteiger partial charge in [0, 0.05) is 13.7 Å². The largest absolute Gasteiger partial charge is 0.379 e. The Bertz CT molecular complexity index is 179. The van der Waals surface area contributed by atoms with E-state index in [1.54, 1.807) is 7.11 Å². The molecule has 0 saturated heterocycles. The van der Waals surface area contributed by atoms with Crippen molar-refractivity contribution in [3.63, 3.8) is 0 Å². The Kier molecular flexibility index (Phi) is 7.20. The maximum Gasteiger partial charge on any atom is 0.0750 e. The van der Waals surface area contributed by atoms with Crippen molar-refractivity contribution in [2.24, 2.45) is 0 Å². The molecule has 0 aromatic heterocycles. The van der Waals surface area contributed by atoms with E-state index < -0.39 is 0 Å². The van der Waals surface area contributed by atoms with Gasteiger partial charge in [0.2, 0.25) is 0 Å². The SMILES string of the molecule is CCCNCC(C)(C)OCCC(C)(C)OC. The van der Waals surface area contributed by atoms with E-state index in [9.17, 15) is 0 Å². The van der Waals surface area contributed by atoms with Gasteiger partial charge >= 0.3 is 0 Å². The van der Waals surface area contributed by atoms with Crippen LogP contribution in [0.3, 0.4) is 0 Å². The van der Waals surface area contributed by atoms with Crippen molar-refractivity contribution >= 4 is 0 Å². The van der Waals surface area contributed by atoms with Gasteiger partial charge in [0.05, 0.1) is 17.8 Å². The van der Waals surface area contributed by atoms with Crippen LogP contribution in [0.4, 0.5) is 0 Å². The highest BCUT2D eigenvalue weighted by Gasteiger charge is 2.21. The van der Waals surface area contributed by atoms with E-state index in [1.807, 2.05) is 0 Å². The molecule has 98 valence electrons. The van der Waals surface area contributed by atoms with E-state index in [4.69, 9.17) is 9.47 Å². The molecule has 0 aromatic rings. The van der Waals surface area contributed by atoms with Gasteiger partial charge in [-0.15, -0.1) is 0 Å². The summed E-state index contributed by atoms with van der Waals surface area (Å²) >= 11 is 0. The van der Waals surface area contributed by atoms with Gasteiger partial charge in [-0.25, -0.2) is 0 Å². The molecule has 1 N–H and O–H groups in total. The van der Waals surface area contributed by atoms with E-state index in [0.717, 1.165) is 32.5 Å². The monoisotopic (exact) mass is 231 g/mol. The Labute approximate surface area is 101 Å². The summed E-state index contributed by atoms with van der Waals surface area (Å²) in [5.74, 6) is 0. The number of hydrogen-bond acceptors (Lipinski definition) is 3. The van der Waals surface area contributed by atoms with Crippen molar-refractivity contribution in [1.82, 2.24) is 5.32 Å². The van der Waals surface area contributed by atoms with Gasteiger partial charge in [0.15, 0.2) is 0 Å².